The Kier molecular flexibility index (Phi) is 5.06. The molecule has 1 fully saturated rings. The van der Waals surface area contributed by atoms with Crippen molar-refractivity contribution < 1.29 is 18.3 Å². The molecule has 148 valence electrons. The van der Waals surface area contributed by atoms with Crippen LogP contribution in [-0.4, -0.2) is 37.2 Å². The number of rotatable bonds is 5. The summed E-state index contributed by atoms with van der Waals surface area (Å²) in [6, 6.07) is 11.5. The molecule has 1 saturated heterocycles. The maximum atomic E-state index is 12.3. The monoisotopic (exact) mass is 398 g/mol. The average Bonchev–Trinajstić information content (AvgIpc) is 3.22. The molecule has 5 heteroatoms. The van der Waals surface area contributed by atoms with Gasteiger partial charge in [0.25, 0.3) is 0 Å². The highest BCUT2D eigenvalue weighted by molar-refractivity contribution is 7.92. The normalized spacial score (nSPS) is 24.1. The molecular formula is C23H26O4S. The Morgan fingerprint density at radius 3 is 2.71 bits per heavy atom. The van der Waals surface area contributed by atoms with Gasteiger partial charge in [-0.25, -0.2) is 8.42 Å². The van der Waals surface area contributed by atoms with Crippen molar-refractivity contribution in [2.45, 2.75) is 44.5 Å². The van der Waals surface area contributed by atoms with E-state index in [0.717, 1.165) is 46.7 Å². The molecule has 0 unspecified atom stereocenters. The molecule has 2 aliphatic rings. The fourth-order valence-electron chi connectivity index (χ4n) is 4.44. The fourth-order valence-corrected chi connectivity index (χ4v) is 6.49. The molecule has 2 aromatic rings. The largest absolute Gasteiger partial charge is 0.507 e. The number of sulfone groups is 1. The van der Waals surface area contributed by atoms with Crippen LogP contribution < -0.4 is 0 Å². The number of hydrogen-bond donors (Lipinski definition) is 1. The number of phenolic OH excluding ortho intramolecular Hbond substituents is 1. The standard InChI is InChI=1S/C23H26O4S/c1-3-16-14-28(25,26)22-13-27-21(23(16)22)11-8-15(2)12-17-9-10-20(24)19-7-5-4-6-18(17)19/h4-7,9-10,12,21-22,24H,3,8,11,13-14H2,1-2H3/b15-12+/t21-,22+/m1/s1. The maximum absolute atomic E-state index is 12.3. The molecule has 2 heterocycles. The van der Waals surface area contributed by atoms with Crippen molar-refractivity contribution in [2.24, 2.45) is 0 Å². The topological polar surface area (TPSA) is 63.6 Å². The molecule has 0 aliphatic carbocycles. The lowest BCUT2D eigenvalue weighted by atomic mass is 9.95. The van der Waals surface area contributed by atoms with E-state index in [9.17, 15) is 13.5 Å². The van der Waals surface area contributed by atoms with Gasteiger partial charge in [0.1, 0.15) is 11.0 Å². The summed E-state index contributed by atoms with van der Waals surface area (Å²) in [5.41, 5.74) is 4.37. The number of fused-ring (bicyclic) bond motifs is 2. The number of allylic oxidation sites excluding steroid dienone is 1. The van der Waals surface area contributed by atoms with Gasteiger partial charge >= 0.3 is 0 Å². The lowest BCUT2D eigenvalue weighted by Gasteiger charge is -2.14. The highest BCUT2D eigenvalue weighted by Gasteiger charge is 2.46. The van der Waals surface area contributed by atoms with Crippen molar-refractivity contribution in [1.82, 2.24) is 0 Å². The molecule has 4 rings (SSSR count). The zero-order valence-electron chi connectivity index (χ0n) is 16.3. The Balaban J connectivity index is 1.53. The Morgan fingerprint density at radius 1 is 1.21 bits per heavy atom. The summed E-state index contributed by atoms with van der Waals surface area (Å²) >= 11 is 0. The molecule has 4 nitrogen and oxygen atoms in total. The zero-order valence-corrected chi connectivity index (χ0v) is 17.1. The Bertz CT molecular complexity index is 1080. The molecule has 2 atom stereocenters. The molecule has 1 N–H and O–H groups in total. The van der Waals surface area contributed by atoms with Crippen molar-refractivity contribution >= 4 is 26.7 Å². The molecule has 0 bridgehead atoms. The van der Waals surface area contributed by atoms with Crippen LogP contribution in [0.2, 0.25) is 0 Å². The molecule has 28 heavy (non-hydrogen) atoms. The SMILES string of the molecule is CCC1=C2[C@@H](CC/C(C)=C/c3ccc(O)c4ccccc34)OC[C@@H]2S(=O)(=O)C1. The second-order valence-electron chi connectivity index (χ2n) is 7.78. The van der Waals surface area contributed by atoms with Gasteiger partial charge in [0.2, 0.25) is 0 Å². The first-order chi connectivity index (χ1) is 13.4. The van der Waals surface area contributed by atoms with Gasteiger partial charge < -0.3 is 9.84 Å². The van der Waals surface area contributed by atoms with Crippen LogP contribution in [0, 0.1) is 0 Å². The third kappa shape index (κ3) is 3.38. The summed E-state index contributed by atoms with van der Waals surface area (Å²) in [4.78, 5) is 0. The second kappa shape index (κ2) is 7.37. The van der Waals surface area contributed by atoms with Crippen LogP contribution in [0.15, 0.2) is 53.1 Å². The van der Waals surface area contributed by atoms with E-state index in [4.69, 9.17) is 4.74 Å². The van der Waals surface area contributed by atoms with Gasteiger partial charge in [-0.3, -0.25) is 0 Å². The van der Waals surface area contributed by atoms with Crippen LogP contribution in [0.1, 0.15) is 38.7 Å². The molecule has 2 aromatic carbocycles. The van der Waals surface area contributed by atoms with Gasteiger partial charge in [0.15, 0.2) is 9.84 Å². The third-order valence-electron chi connectivity index (χ3n) is 5.92. The molecular weight excluding hydrogens is 372 g/mol. The predicted octanol–water partition coefficient (Wildman–Crippen LogP) is 4.63. The van der Waals surface area contributed by atoms with E-state index in [1.807, 2.05) is 37.3 Å². The minimum Gasteiger partial charge on any atom is -0.507 e. The minimum atomic E-state index is -3.07. The van der Waals surface area contributed by atoms with Crippen LogP contribution in [0.3, 0.4) is 0 Å². The Labute approximate surface area is 166 Å². The second-order valence-corrected chi connectivity index (χ2v) is 9.96. The lowest BCUT2D eigenvalue weighted by molar-refractivity contribution is 0.117. The van der Waals surface area contributed by atoms with E-state index in [0.29, 0.717) is 6.61 Å². The molecule has 0 aromatic heterocycles. The van der Waals surface area contributed by atoms with E-state index in [-0.39, 0.29) is 17.6 Å². The predicted molar refractivity (Wildman–Crippen MR) is 113 cm³/mol. The number of hydrogen-bond acceptors (Lipinski definition) is 4. The summed E-state index contributed by atoms with van der Waals surface area (Å²) < 4.78 is 30.5. The van der Waals surface area contributed by atoms with Crippen molar-refractivity contribution in [3.63, 3.8) is 0 Å². The van der Waals surface area contributed by atoms with Crippen molar-refractivity contribution in [3.05, 3.63) is 58.7 Å². The summed E-state index contributed by atoms with van der Waals surface area (Å²) in [6.07, 6.45) is 4.47. The molecule has 0 amide bonds. The lowest BCUT2D eigenvalue weighted by Crippen LogP contribution is -2.19. The van der Waals surface area contributed by atoms with Crippen molar-refractivity contribution in [1.29, 1.82) is 0 Å². The summed E-state index contributed by atoms with van der Waals surface area (Å²) in [5.74, 6) is 0.495. The van der Waals surface area contributed by atoms with Gasteiger partial charge in [0.05, 0.1) is 18.5 Å². The fraction of sp³-hybridized carbons (Fsp3) is 0.391. The summed E-state index contributed by atoms with van der Waals surface area (Å²) in [6.45, 7) is 4.42. The highest BCUT2D eigenvalue weighted by Crippen LogP contribution is 2.39. The molecule has 2 aliphatic heterocycles. The average molecular weight is 399 g/mol. The number of benzene rings is 2. The van der Waals surface area contributed by atoms with Crippen LogP contribution in [0.25, 0.3) is 16.8 Å². The molecule has 0 spiro atoms. The maximum Gasteiger partial charge on any atom is 0.163 e. The van der Waals surface area contributed by atoms with Gasteiger partial charge in [-0.2, -0.15) is 0 Å². The smallest absolute Gasteiger partial charge is 0.163 e. The first-order valence-electron chi connectivity index (χ1n) is 9.83. The van der Waals surface area contributed by atoms with Crippen molar-refractivity contribution in [3.8, 4) is 5.75 Å². The number of aromatic hydroxyl groups is 1. The van der Waals surface area contributed by atoms with E-state index in [2.05, 4.69) is 13.0 Å². The highest BCUT2D eigenvalue weighted by atomic mass is 32.2. The molecule has 0 saturated carbocycles. The minimum absolute atomic E-state index is 0.0860. The summed E-state index contributed by atoms with van der Waals surface area (Å²) in [5, 5.41) is 11.5. The van der Waals surface area contributed by atoms with Gasteiger partial charge in [-0.1, -0.05) is 54.5 Å². The zero-order chi connectivity index (χ0) is 19.9. The third-order valence-corrected chi connectivity index (χ3v) is 7.93. The van der Waals surface area contributed by atoms with Crippen LogP contribution >= 0.6 is 0 Å². The summed E-state index contributed by atoms with van der Waals surface area (Å²) in [7, 11) is -3.07. The van der Waals surface area contributed by atoms with Crippen molar-refractivity contribution in [2.75, 3.05) is 12.4 Å². The van der Waals surface area contributed by atoms with E-state index in [1.165, 1.54) is 5.57 Å². The van der Waals surface area contributed by atoms with Gasteiger partial charge in [-0.05, 0) is 48.8 Å². The number of ether oxygens (including phenoxy) is 1. The Morgan fingerprint density at radius 2 is 1.96 bits per heavy atom. The van der Waals surface area contributed by atoms with Crippen LogP contribution in [-0.2, 0) is 14.6 Å². The van der Waals surface area contributed by atoms with E-state index >= 15 is 0 Å². The van der Waals surface area contributed by atoms with Gasteiger partial charge in [0, 0.05) is 5.39 Å². The first kappa shape index (κ1) is 19.2. The Hall–Kier alpha value is -2.11. The van der Waals surface area contributed by atoms with E-state index < -0.39 is 15.1 Å². The van der Waals surface area contributed by atoms with E-state index in [1.54, 1.807) is 6.07 Å². The number of phenols is 1. The molecule has 0 radical (unpaired) electrons. The van der Waals surface area contributed by atoms with Crippen LogP contribution in [0.4, 0.5) is 0 Å². The quantitative estimate of drug-likeness (QED) is 0.746. The first-order valence-corrected chi connectivity index (χ1v) is 11.5. The van der Waals surface area contributed by atoms with Gasteiger partial charge in [-0.15, -0.1) is 0 Å². The van der Waals surface area contributed by atoms with Crippen LogP contribution in [0.5, 0.6) is 5.75 Å².